The van der Waals surface area contributed by atoms with Crippen LogP contribution < -0.4 is 20.7 Å². The predicted octanol–water partition coefficient (Wildman–Crippen LogP) is 6.51. The summed E-state index contributed by atoms with van der Waals surface area (Å²) < 4.78 is 44.4. The quantitative estimate of drug-likeness (QED) is 0.354. The zero-order chi connectivity index (χ0) is 24.8. The van der Waals surface area contributed by atoms with Crippen LogP contribution in [0, 0.1) is 5.92 Å². The Hall–Kier alpha value is -3.82. The molecule has 0 atom stereocenters. The molecule has 7 nitrogen and oxygen atoms in total. The van der Waals surface area contributed by atoms with Crippen molar-refractivity contribution >= 4 is 34.6 Å². The Kier molecular flexibility index (Phi) is 7.38. The molecule has 4 rings (SSSR count). The molecule has 2 aromatic carbocycles. The second kappa shape index (κ2) is 10.6. The van der Waals surface area contributed by atoms with E-state index in [1.165, 1.54) is 25.6 Å². The molecular formula is C25H26F3N5O2. The third-order valence-electron chi connectivity index (χ3n) is 5.84. The van der Waals surface area contributed by atoms with Crippen LogP contribution >= 0.6 is 0 Å². The molecule has 0 bridgehead atoms. The number of carbonyl (C=O) groups is 1. The topological polar surface area (TPSA) is 88.2 Å². The number of alkyl halides is 3. The van der Waals surface area contributed by atoms with Crippen LogP contribution in [0.5, 0.6) is 5.75 Å². The number of aromatic nitrogens is 2. The molecule has 1 amide bonds. The molecule has 1 saturated carbocycles. The van der Waals surface area contributed by atoms with Gasteiger partial charge in [0.2, 0.25) is 5.91 Å². The third-order valence-corrected chi connectivity index (χ3v) is 5.84. The first-order valence-corrected chi connectivity index (χ1v) is 11.3. The van der Waals surface area contributed by atoms with Gasteiger partial charge in [-0.1, -0.05) is 25.3 Å². The summed E-state index contributed by atoms with van der Waals surface area (Å²) in [6.07, 6.45) is 1.91. The maximum absolute atomic E-state index is 13.0. The van der Waals surface area contributed by atoms with Crippen molar-refractivity contribution in [1.29, 1.82) is 0 Å². The largest absolute Gasteiger partial charge is 0.495 e. The van der Waals surface area contributed by atoms with Crippen LogP contribution in [0.15, 0.2) is 54.9 Å². The van der Waals surface area contributed by atoms with Crippen molar-refractivity contribution in [3.8, 4) is 5.75 Å². The molecule has 1 aliphatic rings. The molecule has 1 aromatic heterocycles. The minimum atomic E-state index is -4.44. The van der Waals surface area contributed by atoms with Crippen LogP contribution in [0.3, 0.4) is 0 Å². The van der Waals surface area contributed by atoms with Gasteiger partial charge in [0, 0.05) is 23.4 Å². The van der Waals surface area contributed by atoms with Crippen molar-refractivity contribution in [3.63, 3.8) is 0 Å². The molecule has 0 aliphatic heterocycles. The van der Waals surface area contributed by atoms with E-state index in [9.17, 15) is 18.0 Å². The Bertz CT molecular complexity index is 1180. The molecule has 0 unspecified atom stereocenters. The number of ether oxygens (including phenoxy) is 1. The van der Waals surface area contributed by atoms with Crippen molar-refractivity contribution in [1.82, 2.24) is 9.97 Å². The summed E-state index contributed by atoms with van der Waals surface area (Å²) in [6.45, 7) is 0. The number of rotatable bonds is 7. The number of methoxy groups -OCH3 is 1. The van der Waals surface area contributed by atoms with Crippen LogP contribution in [0.25, 0.3) is 0 Å². The van der Waals surface area contributed by atoms with Crippen molar-refractivity contribution in [2.75, 3.05) is 23.1 Å². The fourth-order valence-corrected chi connectivity index (χ4v) is 4.05. The summed E-state index contributed by atoms with van der Waals surface area (Å²) in [6, 6.07) is 11.7. The van der Waals surface area contributed by atoms with E-state index in [1.54, 1.807) is 24.3 Å². The summed E-state index contributed by atoms with van der Waals surface area (Å²) in [5.74, 6) is 1.26. The van der Waals surface area contributed by atoms with Gasteiger partial charge in [0.1, 0.15) is 23.7 Å². The van der Waals surface area contributed by atoms with Gasteiger partial charge < -0.3 is 20.7 Å². The average Bonchev–Trinajstić information content (AvgIpc) is 2.85. The first-order valence-electron chi connectivity index (χ1n) is 11.3. The van der Waals surface area contributed by atoms with Crippen LogP contribution in [-0.4, -0.2) is 23.0 Å². The number of carbonyl (C=O) groups excluding carboxylic acids is 1. The molecule has 1 fully saturated rings. The van der Waals surface area contributed by atoms with Crippen LogP contribution in [0.2, 0.25) is 0 Å². The molecule has 0 radical (unpaired) electrons. The number of nitrogens with one attached hydrogen (secondary N) is 3. The molecule has 1 heterocycles. The number of amides is 1. The highest BCUT2D eigenvalue weighted by molar-refractivity contribution is 5.94. The van der Waals surface area contributed by atoms with Gasteiger partial charge in [-0.05, 0) is 49.2 Å². The highest BCUT2D eigenvalue weighted by Crippen LogP contribution is 2.33. The molecule has 0 spiro atoms. The van der Waals surface area contributed by atoms with Crippen LogP contribution in [0.1, 0.15) is 37.7 Å². The molecule has 10 heteroatoms. The Morgan fingerprint density at radius 2 is 1.63 bits per heavy atom. The fourth-order valence-electron chi connectivity index (χ4n) is 4.05. The summed E-state index contributed by atoms with van der Waals surface area (Å²) in [5, 5.41) is 8.98. The first kappa shape index (κ1) is 24.3. The molecular weight excluding hydrogens is 459 g/mol. The van der Waals surface area contributed by atoms with E-state index >= 15 is 0 Å². The summed E-state index contributed by atoms with van der Waals surface area (Å²) in [7, 11) is 1.54. The van der Waals surface area contributed by atoms with Crippen molar-refractivity contribution in [2.24, 2.45) is 5.92 Å². The lowest BCUT2D eigenvalue weighted by Crippen LogP contribution is -2.25. The van der Waals surface area contributed by atoms with E-state index < -0.39 is 11.7 Å². The lowest BCUT2D eigenvalue weighted by molar-refractivity contribution is -0.137. The maximum atomic E-state index is 13.0. The Morgan fingerprint density at radius 1 is 0.943 bits per heavy atom. The summed E-state index contributed by atoms with van der Waals surface area (Å²) in [5.41, 5.74) is 0.690. The van der Waals surface area contributed by atoms with Gasteiger partial charge in [-0.2, -0.15) is 13.2 Å². The van der Waals surface area contributed by atoms with E-state index in [-0.39, 0.29) is 17.5 Å². The Balaban J connectivity index is 1.48. The summed E-state index contributed by atoms with van der Waals surface area (Å²) in [4.78, 5) is 21.0. The highest BCUT2D eigenvalue weighted by Gasteiger charge is 2.30. The number of halogens is 3. The van der Waals surface area contributed by atoms with Crippen molar-refractivity contribution < 1.29 is 22.7 Å². The van der Waals surface area contributed by atoms with E-state index in [2.05, 4.69) is 25.9 Å². The summed E-state index contributed by atoms with van der Waals surface area (Å²) >= 11 is 0. The third kappa shape index (κ3) is 6.40. The second-order valence-electron chi connectivity index (χ2n) is 8.36. The molecule has 184 valence electrons. The smallest absolute Gasteiger partial charge is 0.416 e. The van der Waals surface area contributed by atoms with E-state index in [4.69, 9.17) is 4.74 Å². The van der Waals surface area contributed by atoms with E-state index in [0.717, 1.165) is 44.2 Å². The highest BCUT2D eigenvalue weighted by atomic mass is 19.4. The van der Waals surface area contributed by atoms with Gasteiger partial charge in [0.05, 0.1) is 18.4 Å². The fraction of sp³-hybridized carbons (Fsp3) is 0.320. The van der Waals surface area contributed by atoms with Crippen molar-refractivity contribution in [3.05, 3.63) is 60.4 Å². The van der Waals surface area contributed by atoms with Gasteiger partial charge in [0.15, 0.2) is 0 Å². The average molecular weight is 486 g/mol. The van der Waals surface area contributed by atoms with E-state index in [0.29, 0.717) is 28.8 Å². The van der Waals surface area contributed by atoms with Gasteiger partial charge >= 0.3 is 6.18 Å². The van der Waals surface area contributed by atoms with Crippen LogP contribution in [-0.2, 0) is 11.0 Å². The Morgan fingerprint density at radius 3 is 2.29 bits per heavy atom. The van der Waals surface area contributed by atoms with Gasteiger partial charge in [0.25, 0.3) is 0 Å². The first-order chi connectivity index (χ1) is 16.8. The van der Waals surface area contributed by atoms with Crippen LogP contribution in [0.4, 0.5) is 41.9 Å². The zero-order valence-corrected chi connectivity index (χ0v) is 19.2. The number of hydrogen-bond acceptors (Lipinski definition) is 6. The minimum Gasteiger partial charge on any atom is -0.495 e. The second-order valence-corrected chi connectivity index (χ2v) is 8.36. The SMILES string of the molecule is COc1ccc(Nc2cc(Nc3cccc(C(F)(F)F)c3)ncn2)cc1NC(=O)C1CCCCC1. The molecule has 35 heavy (non-hydrogen) atoms. The van der Waals surface area contributed by atoms with Gasteiger partial charge in [-0.25, -0.2) is 9.97 Å². The number of hydrogen-bond donors (Lipinski definition) is 3. The lowest BCUT2D eigenvalue weighted by atomic mass is 9.88. The number of benzene rings is 2. The van der Waals surface area contributed by atoms with E-state index in [1.807, 2.05) is 0 Å². The maximum Gasteiger partial charge on any atom is 0.416 e. The normalized spacial score (nSPS) is 14.3. The van der Waals surface area contributed by atoms with Gasteiger partial charge in [-0.15, -0.1) is 0 Å². The number of nitrogens with zero attached hydrogens (tertiary/aromatic N) is 2. The minimum absolute atomic E-state index is 0.00332. The Labute approximate surface area is 201 Å². The number of anilines is 5. The molecule has 3 N–H and O–H groups in total. The standard InChI is InChI=1S/C25H26F3N5O2/c1-35-21-11-10-19(13-20(21)33-24(34)16-6-3-2-4-7-16)32-23-14-22(29-15-30-23)31-18-9-5-8-17(12-18)25(26,27)28/h5,8-16H,2-4,6-7H2,1H3,(H,33,34)(H2,29,30,31,32). The molecule has 0 saturated heterocycles. The lowest BCUT2D eigenvalue weighted by Gasteiger charge is -2.21. The van der Waals surface area contributed by atoms with Crippen molar-refractivity contribution in [2.45, 2.75) is 38.3 Å². The monoisotopic (exact) mass is 485 g/mol. The zero-order valence-electron chi connectivity index (χ0n) is 19.2. The molecule has 3 aromatic rings. The van der Waals surface area contributed by atoms with Gasteiger partial charge in [-0.3, -0.25) is 4.79 Å². The molecule has 1 aliphatic carbocycles. The predicted molar refractivity (Wildman–Crippen MR) is 128 cm³/mol.